The van der Waals surface area contributed by atoms with E-state index in [4.69, 9.17) is 4.74 Å². The second-order valence-electron chi connectivity index (χ2n) is 2.59. The summed E-state index contributed by atoms with van der Waals surface area (Å²) in [5, 5.41) is 3.14. The molecule has 0 aromatic carbocycles. The number of aromatic nitrogens is 2. The molecule has 1 aromatic rings. The van der Waals surface area contributed by atoms with Gasteiger partial charge in [-0.1, -0.05) is 0 Å². The van der Waals surface area contributed by atoms with Gasteiger partial charge in [0.05, 0.1) is 12.8 Å². The molecule has 0 bridgehead atoms. The molecule has 66 valence electrons. The van der Waals surface area contributed by atoms with Gasteiger partial charge in [0.25, 0.3) is 0 Å². The lowest BCUT2D eigenvalue weighted by atomic mass is 10.3. The van der Waals surface area contributed by atoms with Crippen LogP contribution in [-0.2, 0) is 4.74 Å². The highest BCUT2D eigenvalue weighted by atomic mass is 16.5. The van der Waals surface area contributed by atoms with Crippen molar-refractivity contribution in [2.75, 3.05) is 19.0 Å². The fraction of sp³-hybridized carbons (Fsp3) is 0.500. The minimum absolute atomic E-state index is 0.256. The molecule has 4 heteroatoms. The van der Waals surface area contributed by atoms with Crippen LogP contribution in [0, 0.1) is 0 Å². The monoisotopic (exact) mass is 167 g/mol. The first-order valence-corrected chi connectivity index (χ1v) is 3.84. The molecule has 0 aliphatic heterocycles. The fourth-order valence-corrected chi connectivity index (χ4v) is 0.918. The van der Waals surface area contributed by atoms with Crippen molar-refractivity contribution in [3.8, 4) is 0 Å². The standard InChI is InChI=1S/C8H13N3O/c1-7(6-12-2)11-8-5-9-3-4-10-8/h3-5,7H,6H2,1-2H3,(H,10,11)/t7-/m1/s1. The second-order valence-corrected chi connectivity index (χ2v) is 2.59. The van der Waals surface area contributed by atoms with Crippen LogP contribution in [0.25, 0.3) is 0 Å². The molecule has 0 radical (unpaired) electrons. The van der Waals surface area contributed by atoms with Gasteiger partial charge in [0.15, 0.2) is 0 Å². The summed E-state index contributed by atoms with van der Waals surface area (Å²) in [5.74, 6) is 0.780. The van der Waals surface area contributed by atoms with E-state index in [1.807, 2.05) is 6.92 Å². The third kappa shape index (κ3) is 2.84. The Bertz CT molecular complexity index is 215. The van der Waals surface area contributed by atoms with Crippen LogP contribution in [0.2, 0.25) is 0 Å². The molecule has 1 heterocycles. The molecule has 0 amide bonds. The summed E-state index contributed by atoms with van der Waals surface area (Å²) in [6.45, 7) is 2.69. The average molecular weight is 167 g/mol. The summed E-state index contributed by atoms with van der Waals surface area (Å²) in [6.07, 6.45) is 4.99. The van der Waals surface area contributed by atoms with Gasteiger partial charge in [-0.25, -0.2) is 4.98 Å². The highest BCUT2D eigenvalue weighted by Crippen LogP contribution is 1.99. The summed E-state index contributed by atoms with van der Waals surface area (Å²) in [6, 6.07) is 0.256. The van der Waals surface area contributed by atoms with E-state index in [9.17, 15) is 0 Å². The maximum absolute atomic E-state index is 4.97. The summed E-state index contributed by atoms with van der Waals surface area (Å²) >= 11 is 0. The Morgan fingerprint density at radius 1 is 1.58 bits per heavy atom. The Morgan fingerprint density at radius 3 is 3.00 bits per heavy atom. The second kappa shape index (κ2) is 4.66. The van der Waals surface area contributed by atoms with E-state index in [2.05, 4.69) is 15.3 Å². The summed E-state index contributed by atoms with van der Waals surface area (Å²) in [5.41, 5.74) is 0. The van der Waals surface area contributed by atoms with Crippen LogP contribution in [0.5, 0.6) is 0 Å². The smallest absolute Gasteiger partial charge is 0.144 e. The van der Waals surface area contributed by atoms with Crippen molar-refractivity contribution in [2.24, 2.45) is 0 Å². The van der Waals surface area contributed by atoms with Gasteiger partial charge in [-0.3, -0.25) is 4.98 Å². The lowest BCUT2D eigenvalue weighted by Crippen LogP contribution is -2.21. The molecule has 0 unspecified atom stereocenters. The van der Waals surface area contributed by atoms with E-state index in [1.54, 1.807) is 25.7 Å². The summed E-state index contributed by atoms with van der Waals surface area (Å²) < 4.78 is 4.97. The van der Waals surface area contributed by atoms with Gasteiger partial charge in [0.2, 0.25) is 0 Å². The lowest BCUT2D eigenvalue weighted by molar-refractivity contribution is 0.190. The molecule has 1 rings (SSSR count). The Labute approximate surface area is 72.0 Å². The molecule has 1 atom stereocenters. The van der Waals surface area contributed by atoms with Gasteiger partial charge in [-0.05, 0) is 6.92 Å². The Morgan fingerprint density at radius 2 is 2.42 bits per heavy atom. The Kier molecular flexibility index (Phi) is 3.47. The van der Waals surface area contributed by atoms with Crippen LogP contribution in [-0.4, -0.2) is 29.7 Å². The van der Waals surface area contributed by atoms with Crippen LogP contribution < -0.4 is 5.32 Å². The molecule has 0 spiro atoms. The van der Waals surface area contributed by atoms with E-state index in [0.717, 1.165) is 5.82 Å². The van der Waals surface area contributed by atoms with Crippen molar-refractivity contribution in [3.63, 3.8) is 0 Å². The van der Waals surface area contributed by atoms with E-state index in [-0.39, 0.29) is 6.04 Å². The zero-order valence-electron chi connectivity index (χ0n) is 7.32. The Balaban J connectivity index is 2.41. The lowest BCUT2D eigenvalue weighted by Gasteiger charge is -2.12. The number of ether oxygens (including phenoxy) is 1. The van der Waals surface area contributed by atoms with Gasteiger partial charge < -0.3 is 10.1 Å². The maximum atomic E-state index is 4.97. The molecular formula is C8H13N3O. The minimum atomic E-state index is 0.256. The first kappa shape index (κ1) is 8.93. The molecule has 0 aliphatic carbocycles. The average Bonchev–Trinajstić information content (AvgIpc) is 2.06. The van der Waals surface area contributed by atoms with Crippen molar-refractivity contribution in [3.05, 3.63) is 18.6 Å². The van der Waals surface area contributed by atoms with E-state index in [0.29, 0.717) is 6.61 Å². The molecule has 0 saturated heterocycles. The fourth-order valence-electron chi connectivity index (χ4n) is 0.918. The number of anilines is 1. The number of nitrogens with zero attached hydrogens (tertiary/aromatic N) is 2. The molecule has 4 nitrogen and oxygen atoms in total. The van der Waals surface area contributed by atoms with Crippen molar-refractivity contribution < 1.29 is 4.74 Å². The maximum Gasteiger partial charge on any atom is 0.144 e. The van der Waals surface area contributed by atoms with Crippen molar-refractivity contribution in [2.45, 2.75) is 13.0 Å². The summed E-state index contributed by atoms with van der Waals surface area (Å²) in [4.78, 5) is 8.00. The molecule has 0 aliphatic rings. The third-order valence-corrected chi connectivity index (χ3v) is 1.37. The number of hydrogen-bond donors (Lipinski definition) is 1. The van der Waals surface area contributed by atoms with Crippen LogP contribution >= 0.6 is 0 Å². The van der Waals surface area contributed by atoms with Gasteiger partial charge in [-0.15, -0.1) is 0 Å². The highest BCUT2D eigenvalue weighted by molar-refractivity contribution is 5.30. The van der Waals surface area contributed by atoms with E-state index >= 15 is 0 Å². The van der Waals surface area contributed by atoms with Crippen LogP contribution in [0.4, 0.5) is 5.82 Å². The van der Waals surface area contributed by atoms with Crippen molar-refractivity contribution >= 4 is 5.82 Å². The topological polar surface area (TPSA) is 47.0 Å². The van der Waals surface area contributed by atoms with Gasteiger partial charge in [0.1, 0.15) is 5.82 Å². The largest absolute Gasteiger partial charge is 0.383 e. The van der Waals surface area contributed by atoms with E-state index in [1.165, 1.54) is 0 Å². The quantitative estimate of drug-likeness (QED) is 0.724. The number of hydrogen-bond acceptors (Lipinski definition) is 4. The van der Waals surface area contributed by atoms with Gasteiger partial charge >= 0.3 is 0 Å². The van der Waals surface area contributed by atoms with E-state index < -0.39 is 0 Å². The number of methoxy groups -OCH3 is 1. The molecular weight excluding hydrogens is 154 g/mol. The predicted octanol–water partition coefficient (Wildman–Crippen LogP) is 0.923. The van der Waals surface area contributed by atoms with Crippen LogP contribution in [0.1, 0.15) is 6.92 Å². The van der Waals surface area contributed by atoms with Crippen molar-refractivity contribution in [1.29, 1.82) is 0 Å². The first-order chi connectivity index (χ1) is 5.83. The molecule has 0 fully saturated rings. The van der Waals surface area contributed by atoms with Gasteiger partial charge in [0, 0.05) is 25.5 Å². The zero-order chi connectivity index (χ0) is 8.81. The molecule has 1 aromatic heterocycles. The molecule has 0 saturated carbocycles. The van der Waals surface area contributed by atoms with Crippen molar-refractivity contribution in [1.82, 2.24) is 9.97 Å². The normalized spacial score (nSPS) is 12.5. The molecule has 12 heavy (non-hydrogen) atoms. The predicted molar refractivity (Wildman–Crippen MR) is 47.0 cm³/mol. The first-order valence-electron chi connectivity index (χ1n) is 3.84. The number of rotatable bonds is 4. The molecule has 1 N–H and O–H groups in total. The summed E-state index contributed by atoms with van der Waals surface area (Å²) in [7, 11) is 1.68. The third-order valence-electron chi connectivity index (χ3n) is 1.37. The van der Waals surface area contributed by atoms with Gasteiger partial charge in [-0.2, -0.15) is 0 Å². The van der Waals surface area contributed by atoms with Crippen LogP contribution in [0.3, 0.4) is 0 Å². The Hall–Kier alpha value is -1.16. The SMILES string of the molecule is COC[C@@H](C)Nc1cnccn1. The minimum Gasteiger partial charge on any atom is -0.383 e. The number of nitrogens with one attached hydrogen (secondary N) is 1. The zero-order valence-corrected chi connectivity index (χ0v) is 7.32. The van der Waals surface area contributed by atoms with Crippen LogP contribution in [0.15, 0.2) is 18.6 Å². The highest BCUT2D eigenvalue weighted by Gasteiger charge is 2.00.